The molecule has 3 aromatic rings. The van der Waals surface area contributed by atoms with Crippen molar-refractivity contribution in [1.82, 2.24) is 9.13 Å². The number of nitrogens with one attached hydrogen (secondary N) is 2. The Labute approximate surface area is 159 Å². The second-order valence-electron chi connectivity index (χ2n) is 6.36. The molecular formula is C18H19ClFN5O2. The van der Waals surface area contributed by atoms with E-state index < -0.39 is 11.8 Å². The molecule has 1 aromatic heterocycles. The number of fused-ring (bicyclic) bond motifs is 1. The lowest BCUT2D eigenvalue weighted by atomic mass is 10.2. The SMILES string of the molecule is CN(C)c1cc2c(cc1NC(=O)Nc1ccc(F)c(Cl)c1)n(C)c(=O)n2C. The number of amides is 2. The van der Waals surface area contributed by atoms with Crippen LogP contribution in [0.25, 0.3) is 11.0 Å². The van der Waals surface area contributed by atoms with E-state index in [1.165, 1.54) is 22.8 Å². The summed E-state index contributed by atoms with van der Waals surface area (Å²) in [5, 5.41) is 5.30. The second-order valence-corrected chi connectivity index (χ2v) is 6.77. The summed E-state index contributed by atoms with van der Waals surface area (Å²) in [6, 6.07) is 6.98. The van der Waals surface area contributed by atoms with Crippen LogP contribution in [0.2, 0.25) is 5.02 Å². The normalized spacial score (nSPS) is 10.9. The van der Waals surface area contributed by atoms with Gasteiger partial charge >= 0.3 is 11.7 Å². The van der Waals surface area contributed by atoms with Crippen LogP contribution in [0.4, 0.5) is 26.2 Å². The first-order chi connectivity index (χ1) is 12.7. The summed E-state index contributed by atoms with van der Waals surface area (Å²) < 4.78 is 16.3. The third kappa shape index (κ3) is 3.48. The Morgan fingerprint density at radius 2 is 1.70 bits per heavy atom. The first-order valence-electron chi connectivity index (χ1n) is 8.09. The number of carbonyl (C=O) groups excluding carboxylic acids is 1. The number of hydrogen-bond donors (Lipinski definition) is 2. The molecule has 142 valence electrons. The number of halogens is 2. The molecule has 2 N–H and O–H groups in total. The number of rotatable bonds is 3. The molecule has 3 rings (SSSR count). The summed E-state index contributed by atoms with van der Waals surface area (Å²) in [5.74, 6) is -0.562. The van der Waals surface area contributed by atoms with E-state index in [1.807, 2.05) is 25.1 Å². The number of urea groups is 1. The molecule has 0 unspecified atom stereocenters. The van der Waals surface area contributed by atoms with Gasteiger partial charge in [0.2, 0.25) is 0 Å². The lowest BCUT2D eigenvalue weighted by Gasteiger charge is -2.19. The van der Waals surface area contributed by atoms with Gasteiger partial charge in [0, 0.05) is 33.9 Å². The Kier molecular flexibility index (Phi) is 4.84. The van der Waals surface area contributed by atoms with E-state index in [-0.39, 0.29) is 10.7 Å². The molecule has 1 heterocycles. The molecule has 27 heavy (non-hydrogen) atoms. The molecule has 2 aromatic carbocycles. The van der Waals surface area contributed by atoms with Crippen LogP contribution in [0.15, 0.2) is 35.1 Å². The van der Waals surface area contributed by atoms with Crippen molar-refractivity contribution in [2.75, 3.05) is 29.6 Å². The quantitative estimate of drug-likeness (QED) is 0.719. The number of hydrogen-bond acceptors (Lipinski definition) is 3. The first kappa shape index (κ1) is 18.8. The van der Waals surface area contributed by atoms with Crippen LogP contribution in [-0.4, -0.2) is 29.3 Å². The molecule has 0 radical (unpaired) electrons. The van der Waals surface area contributed by atoms with Gasteiger partial charge in [0.25, 0.3) is 0 Å². The highest BCUT2D eigenvalue weighted by Gasteiger charge is 2.15. The Balaban J connectivity index is 1.96. The summed E-state index contributed by atoms with van der Waals surface area (Å²) in [6.45, 7) is 0. The fourth-order valence-corrected chi connectivity index (χ4v) is 3.04. The van der Waals surface area contributed by atoms with Gasteiger partial charge < -0.3 is 15.5 Å². The average Bonchev–Trinajstić information content (AvgIpc) is 2.81. The van der Waals surface area contributed by atoms with Gasteiger partial charge in [0.15, 0.2) is 0 Å². The van der Waals surface area contributed by atoms with Crippen molar-refractivity contribution in [2.24, 2.45) is 14.1 Å². The van der Waals surface area contributed by atoms with Crippen molar-refractivity contribution < 1.29 is 9.18 Å². The van der Waals surface area contributed by atoms with E-state index in [2.05, 4.69) is 10.6 Å². The zero-order valence-corrected chi connectivity index (χ0v) is 16.1. The van der Waals surface area contributed by atoms with Crippen LogP contribution in [0.5, 0.6) is 0 Å². The van der Waals surface area contributed by atoms with Crippen LogP contribution in [0.3, 0.4) is 0 Å². The number of imidazole rings is 1. The van der Waals surface area contributed by atoms with Gasteiger partial charge in [-0.1, -0.05) is 11.6 Å². The number of benzene rings is 2. The second kappa shape index (κ2) is 6.96. The highest BCUT2D eigenvalue weighted by atomic mass is 35.5. The number of nitrogens with zero attached hydrogens (tertiary/aromatic N) is 3. The van der Waals surface area contributed by atoms with Crippen molar-refractivity contribution in [1.29, 1.82) is 0 Å². The molecular weight excluding hydrogens is 373 g/mol. The Morgan fingerprint density at radius 3 is 2.30 bits per heavy atom. The molecule has 0 aliphatic heterocycles. The fraction of sp³-hybridized carbons (Fsp3) is 0.222. The maximum Gasteiger partial charge on any atom is 0.328 e. The van der Waals surface area contributed by atoms with E-state index in [1.54, 1.807) is 24.7 Å². The van der Waals surface area contributed by atoms with E-state index in [0.717, 1.165) is 11.2 Å². The number of anilines is 3. The molecule has 0 aliphatic carbocycles. The van der Waals surface area contributed by atoms with E-state index >= 15 is 0 Å². The average molecular weight is 392 g/mol. The molecule has 0 fully saturated rings. The molecule has 7 nitrogen and oxygen atoms in total. The minimum Gasteiger partial charge on any atom is -0.376 e. The highest BCUT2D eigenvalue weighted by molar-refractivity contribution is 6.31. The number of aryl methyl sites for hydroxylation is 2. The maximum absolute atomic E-state index is 13.2. The van der Waals surface area contributed by atoms with Gasteiger partial charge in [-0.15, -0.1) is 0 Å². The van der Waals surface area contributed by atoms with Crippen molar-refractivity contribution in [3.8, 4) is 0 Å². The molecule has 2 amide bonds. The minimum atomic E-state index is -0.562. The minimum absolute atomic E-state index is 0.0810. The molecule has 0 spiro atoms. The van der Waals surface area contributed by atoms with E-state index in [0.29, 0.717) is 16.9 Å². The zero-order valence-electron chi connectivity index (χ0n) is 15.3. The Morgan fingerprint density at radius 1 is 1.07 bits per heavy atom. The van der Waals surface area contributed by atoms with Gasteiger partial charge in [-0.25, -0.2) is 14.0 Å². The molecule has 0 aliphatic rings. The van der Waals surface area contributed by atoms with Crippen LogP contribution >= 0.6 is 11.6 Å². The van der Waals surface area contributed by atoms with Gasteiger partial charge in [-0.3, -0.25) is 9.13 Å². The maximum atomic E-state index is 13.2. The summed E-state index contributed by atoms with van der Waals surface area (Å²) >= 11 is 5.74. The van der Waals surface area contributed by atoms with Crippen LogP contribution in [0.1, 0.15) is 0 Å². The lowest BCUT2D eigenvalue weighted by Crippen LogP contribution is -2.21. The summed E-state index contributed by atoms with van der Waals surface area (Å²) in [5.41, 5.74) is 2.90. The van der Waals surface area contributed by atoms with Crippen LogP contribution in [-0.2, 0) is 14.1 Å². The van der Waals surface area contributed by atoms with Crippen molar-refractivity contribution >= 4 is 45.7 Å². The van der Waals surface area contributed by atoms with Gasteiger partial charge in [0.1, 0.15) is 5.82 Å². The van der Waals surface area contributed by atoms with Crippen LogP contribution in [0, 0.1) is 5.82 Å². The van der Waals surface area contributed by atoms with Gasteiger partial charge in [-0.05, 0) is 30.3 Å². The standard InChI is InChI=1S/C18H19ClFN5O2/c1-23(2)14-9-16-15(24(3)18(27)25(16)4)8-13(14)22-17(26)21-10-5-6-12(20)11(19)7-10/h5-9H,1-4H3,(H2,21,22,26). The third-order valence-corrected chi connectivity index (χ3v) is 4.59. The molecule has 0 saturated carbocycles. The smallest absolute Gasteiger partial charge is 0.328 e. The first-order valence-corrected chi connectivity index (χ1v) is 8.46. The fourth-order valence-electron chi connectivity index (χ4n) is 2.86. The Hall–Kier alpha value is -3.00. The zero-order chi connectivity index (χ0) is 19.9. The summed E-state index contributed by atoms with van der Waals surface area (Å²) in [6.07, 6.45) is 0. The van der Waals surface area contributed by atoms with E-state index in [9.17, 15) is 14.0 Å². The summed E-state index contributed by atoms with van der Waals surface area (Å²) in [4.78, 5) is 26.4. The summed E-state index contributed by atoms with van der Waals surface area (Å²) in [7, 11) is 7.04. The Bertz CT molecular complexity index is 1100. The lowest BCUT2D eigenvalue weighted by molar-refractivity contribution is 0.262. The largest absolute Gasteiger partial charge is 0.376 e. The predicted octanol–water partition coefficient (Wildman–Crippen LogP) is 3.38. The molecule has 9 heteroatoms. The molecule has 0 saturated heterocycles. The van der Waals surface area contributed by atoms with Gasteiger partial charge in [0.05, 0.1) is 27.4 Å². The van der Waals surface area contributed by atoms with Crippen molar-refractivity contribution in [2.45, 2.75) is 0 Å². The van der Waals surface area contributed by atoms with Crippen molar-refractivity contribution in [3.05, 3.63) is 51.7 Å². The number of aromatic nitrogens is 2. The molecule has 0 atom stereocenters. The van der Waals surface area contributed by atoms with Gasteiger partial charge in [-0.2, -0.15) is 0 Å². The van der Waals surface area contributed by atoms with Crippen molar-refractivity contribution in [3.63, 3.8) is 0 Å². The number of carbonyl (C=O) groups is 1. The molecule has 0 bridgehead atoms. The van der Waals surface area contributed by atoms with E-state index in [4.69, 9.17) is 11.6 Å². The monoisotopic (exact) mass is 391 g/mol. The predicted molar refractivity (Wildman–Crippen MR) is 107 cm³/mol. The topological polar surface area (TPSA) is 71.3 Å². The third-order valence-electron chi connectivity index (χ3n) is 4.30. The highest BCUT2D eigenvalue weighted by Crippen LogP contribution is 2.30. The van der Waals surface area contributed by atoms with Crippen LogP contribution < -0.4 is 21.2 Å².